The van der Waals surface area contributed by atoms with Gasteiger partial charge < -0.3 is 15.4 Å². The molecule has 1 aromatic rings. The molecule has 92 valence electrons. The van der Waals surface area contributed by atoms with E-state index in [1.54, 1.807) is 0 Å². The number of nitrogens with zero attached hydrogens (tertiary/aromatic N) is 1. The number of anilines is 1. The fourth-order valence-electron chi connectivity index (χ4n) is 1.21. The van der Waals surface area contributed by atoms with E-state index in [-0.39, 0.29) is 23.9 Å². The molecule has 1 aromatic carbocycles. The van der Waals surface area contributed by atoms with Gasteiger partial charge in [-0.3, -0.25) is 14.9 Å². The SMILES string of the molecule is CNC(=O)CNc1ccc([N+](=O)[O-])c(OC)c1. The Hall–Kier alpha value is -2.31. The Balaban J connectivity index is 2.82. The lowest BCUT2D eigenvalue weighted by Crippen LogP contribution is -2.26. The standard InChI is InChI=1S/C10H13N3O4/c1-11-10(14)6-12-7-3-4-8(13(15)16)9(5-7)17-2/h3-5,12H,6H2,1-2H3,(H,11,14). The Morgan fingerprint density at radius 3 is 2.76 bits per heavy atom. The van der Waals surface area contributed by atoms with E-state index >= 15 is 0 Å². The number of benzene rings is 1. The number of amides is 1. The number of carbonyl (C=O) groups is 1. The van der Waals surface area contributed by atoms with Crippen molar-refractivity contribution in [2.45, 2.75) is 0 Å². The molecule has 0 aliphatic heterocycles. The van der Waals surface area contributed by atoms with E-state index in [0.717, 1.165) is 0 Å². The fraction of sp³-hybridized carbons (Fsp3) is 0.300. The van der Waals surface area contributed by atoms with E-state index in [9.17, 15) is 14.9 Å². The lowest BCUT2D eigenvalue weighted by atomic mass is 10.2. The number of nitro benzene ring substituents is 1. The molecular formula is C10H13N3O4. The van der Waals surface area contributed by atoms with E-state index < -0.39 is 4.92 Å². The fourth-order valence-corrected chi connectivity index (χ4v) is 1.21. The second-order valence-electron chi connectivity index (χ2n) is 3.17. The van der Waals surface area contributed by atoms with Crippen LogP contribution in [-0.4, -0.2) is 31.5 Å². The largest absolute Gasteiger partial charge is 0.490 e. The van der Waals surface area contributed by atoms with Crippen molar-refractivity contribution in [3.63, 3.8) is 0 Å². The van der Waals surface area contributed by atoms with Gasteiger partial charge in [0, 0.05) is 24.9 Å². The molecule has 0 aliphatic rings. The molecule has 17 heavy (non-hydrogen) atoms. The van der Waals surface area contributed by atoms with Gasteiger partial charge in [0.05, 0.1) is 18.6 Å². The van der Waals surface area contributed by atoms with E-state index in [1.807, 2.05) is 0 Å². The number of hydrogen-bond donors (Lipinski definition) is 2. The molecule has 0 atom stereocenters. The maximum atomic E-state index is 11.0. The highest BCUT2D eigenvalue weighted by Crippen LogP contribution is 2.29. The zero-order valence-corrected chi connectivity index (χ0v) is 9.52. The number of rotatable bonds is 5. The van der Waals surface area contributed by atoms with Gasteiger partial charge in [0.2, 0.25) is 5.91 Å². The van der Waals surface area contributed by atoms with Crippen molar-refractivity contribution in [3.05, 3.63) is 28.3 Å². The summed E-state index contributed by atoms with van der Waals surface area (Å²) in [6, 6.07) is 4.32. The molecule has 1 rings (SSSR count). The Bertz CT molecular complexity index is 434. The van der Waals surface area contributed by atoms with Crippen molar-refractivity contribution in [3.8, 4) is 5.75 Å². The highest BCUT2D eigenvalue weighted by molar-refractivity contribution is 5.80. The predicted molar refractivity (Wildman–Crippen MR) is 62.2 cm³/mol. The lowest BCUT2D eigenvalue weighted by Gasteiger charge is -2.07. The first kappa shape index (κ1) is 12.8. The third-order valence-electron chi connectivity index (χ3n) is 2.11. The minimum Gasteiger partial charge on any atom is -0.490 e. The normalized spacial score (nSPS) is 9.53. The smallest absolute Gasteiger partial charge is 0.311 e. The summed E-state index contributed by atoms with van der Waals surface area (Å²) in [5.74, 6) is -0.0285. The Morgan fingerprint density at radius 1 is 1.53 bits per heavy atom. The lowest BCUT2D eigenvalue weighted by molar-refractivity contribution is -0.385. The Labute approximate surface area is 97.9 Å². The molecule has 2 N–H and O–H groups in total. The molecule has 0 bridgehead atoms. The molecule has 7 heteroatoms. The summed E-state index contributed by atoms with van der Waals surface area (Å²) in [6.45, 7) is 0.0947. The van der Waals surface area contributed by atoms with Gasteiger partial charge in [0.15, 0.2) is 5.75 Å². The summed E-state index contributed by atoms with van der Waals surface area (Å²) in [6.07, 6.45) is 0. The average molecular weight is 239 g/mol. The van der Waals surface area contributed by atoms with Crippen LogP contribution in [0.25, 0.3) is 0 Å². The van der Waals surface area contributed by atoms with Gasteiger partial charge in [-0.25, -0.2) is 0 Å². The highest BCUT2D eigenvalue weighted by atomic mass is 16.6. The van der Waals surface area contributed by atoms with Gasteiger partial charge in [-0.05, 0) is 6.07 Å². The first-order chi connectivity index (χ1) is 8.08. The summed E-state index contributed by atoms with van der Waals surface area (Å²) in [7, 11) is 2.88. The molecule has 0 fully saturated rings. The van der Waals surface area contributed by atoms with Crippen molar-refractivity contribution in [2.24, 2.45) is 0 Å². The monoisotopic (exact) mass is 239 g/mol. The van der Waals surface area contributed by atoms with Crippen LogP contribution in [0, 0.1) is 10.1 Å². The topological polar surface area (TPSA) is 93.5 Å². The molecular weight excluding hydrogens is 226 g/mol. The van der Waals surface area contributed by atoms with Gasteiger partial charge in [-0.15, -0.1) is 0 Å². The molecule has 0 saturated heterocycles. The van der Waals surface area contributed by atoms with Crippen LogP contribution in [0.2, 0.25) is 0 Å². The van der Waals surface area contributed by atoms with E-state index in [4.69, 9.17) is 4.74 Å². The van der Waals surface area contributed by atoms with Crippen LogP contribution in [0.15, 0.2) is 18.2 Å². The summed E-state index contributed by atoms with van der Waals surface area (Å²) in [5, 5.41) is 15.9. The predicted octanol–water partition coefficient (Wildman–Crippen LogP) is 0.761. The summed E-state index contributed by atoms with van der Waals surface area (Å²) in [4.78, 5) is 21.1. The van der Waals surface area contributed by atoms with Gasteiger partial charge in [-0.2, -0.15) is 0 Å². The van der Waals surface area contributed by atoms with Gasteiger partial charge in [0.1, 0.15) is 0 Å². The second-order valence-corrected chi connectivity index (χ2v) is 3.17. The van der Waals surface area contributed by atoms with Crippen LogP contribution in [0.3, 0.4) is 0 Å². The average Bonchev–Trinajstić information content (AvgIpc) is 2.35. The van der Waals surface area contributed by atoms with Crippen LogP contribution in [-0.2, 0) is 4.79 Å². The van der Waals surface area contributed by atoms with Crippen LogP contribution >= 0.6 is 0 Å². The van der Waals surface area contributed by atoms with Crippen molar-refractivity contribution >= 4 is 17.3 Å². The van der Waals surface area contributed by atoms with Crippen molar-refractivity contribution < 1.29 is 14.5 Å². The first-order valence-corrected chi connectivity index (χ1v) is 4.85. The van der Waals surface area contributed by atoms with Crippen molar-refractivity contribution in [1.29, 1.82) is 0 Å². The third kappa shape index (κ3) is 3.33. The highest BCUT2D eigenvalue weighted by Gasteiger charge is 2.14. The molecule has 7 nitrogen and oxygen atoms in total. The van der Waals surface area contributed by atoms with Crippen LogP contribution in [0.4, 0.5) is 11.4 Å². The molecule has 0 radical (unpaired) electrons. The number of hydrogen-bond acceptors (Lipinski definition) is 5. The van der Waals surface area contributed by atoms with E-state index in [0.29, 0.717) is 5.69 Å². The van der Waals surface area contributed by atoms with E-state index in [1.165, 1.54) is 32.4 Å². The van der Waals surface area contributed by atoms with Gasteiger partial charge in [-0.1, -0.05) is 0 Å². The number of carbonyl (C=O) groups excluding carboxylic acids is 1. The molecule has 0 spiro atoms. The number of nitrogens with one attached hydrogen (secondary N) is 2. The minimum absolute atomic E-state index is 0.0947. The van der Waals surface area contributed by atoms with Gasteiger partial charge in [0.25, 0.3) is 0 Å². The van der Waals surface area contributed by atoms with Crippen LogP contribution in [0.5, 0.6) is 5.75 Å². The van der Waals surface area contributed by atoms with Crippen molar-refractivity contribution in [2.75, 3.05) is 26.0 Å². The Kier molecular flexibility index (Phi) is 4.27. The molecule has 0 unspecified atom stereocenters. The molecule has 0 aromatic heterocycles. The minimum atomic E-state index is -0.526. The number of ether oxygens (including phenoxy) is 1. The van der Waals surface area contributed by atoms with Crippen LogP contribution in [0.1, 0.15) is 0 Å². The Morgan fingerprint density at radius 2 is 2.24 bits per heavy atom. The molecule has 0 aliphatic carbocycles. The first-order valence-electron chi connectivity index (χ1n) is 4.85. The van der Waals surface area contributed by atoms with Gasteiger partial charge >= 0.3 is 5.69 Å². The maximum Gasteiger partial charge on any atom is 0.311 e. The quantitative estimate of drug-likeness (QED) is 0.584. The zero-order chi connectivity index (χ0) is 12.8. The number of likely N-dealkylation sites (N-methyl/N-ethyl adjacent to an activating group) is 1. The summed E-state index contributed by atoms with van der Waals surface area (Å²) in [5.41, 5.74) is 0.467. The summed E-state index contributed by atoms with van der Waals surface area (Å²) >= 11 is 0. The zero-order valence-electron chi connectivity index (χ0n) is 9.52. The molecule has 0 saturated carbocycles. The molecule has 1 amide bonds. The number of methoxy groups -OCH3 is 1. The number of nitro groups is 1. The van der Waals surface area contributed by atoms with E-state index in [2.05, 4.69) is 10.6 Å². The maximum absolute atomic E-state index is 11.0. The third-order valence-corrected chi connectivity index (χ3v) is 2.11. The summed E-state index contributed by atoms with van der Waals surface area (Å²) < 4.78 is 4.90. The van der Waals surface area contributed by atoms with Crippen molar-refractivity contribution in [1.82, 2.24) is 5.32 Å². The van der Waals surface area contributed by atoms with Crippen LogP contribution < -0.4 is 15.4 Å². The molecule has 0 heterocycles. The second kappa shape index (κ2) is 5.69.